The fourth-order valence-corrected chi connectivity index (χ4v) is 4.24. The Kier molecular flexibility index (Phi) is 4.62. The van der Waals surface area contributed by atoms with Crippen LogP contribution in [0.3, 0.4) is 0 Å². The minimum absolute atomic E-state index is 0.131. The molecule has 4 heterocycles. The summed E-state index contributed by atoms with van der Waals surface area (Å²) >= 11 is 0. The molecular weight excluding hydrogens is 407 g/mol. The van der Waals surface area contributed by atoms with Crippen molar-refractivity contribution in [2.75, 3.05) is 13.2 Å². The van der Waals surface area contributed by atoms with Gasteiger partial charge in [-0.2, -0.15) is 0 Å². The smallest absolute Gasteiger partial charge is 0.340 e. The highest BCUT2D eigenvalue weighted by molar-refractivity contribution is 5.89. The molecule has 2 aromatic heterocycles. The van der Waals surface area contributed by atoms with Gasteiger partial charge in [0.1, 0.15) is 12.4 Å². The second-order valence-corrected chi connectivity index (χ2v) is 7.68. The predicted octanol–water partition coefficient (Wildman–Crippen LogP) is 1.47. The number of halogens is 1. The first-order chi connectivity index (χ1) is 14.9. The van der Waals surface area contributed by atoms with Crippen LogP contribution in [-0.4, -0.2) is 38.9 Å². The van der Waals surface area contributed by atoms with E-state index in [1.807, 2.05) is 0 Å². The van der Waals surface area contributed by atoms with E-state index in [0.717, 1.165) is 11.1 Å². The lowest BCUT2D eigenvalue weighted by molar-refractivity contribution is -0.157. The summed E-state index contributed by atoms with van der Waals surface area (Å²) in [6, 6.07) is 4.61. The summed E-state index contributed by atoms with van der Waals surface area (Å²) < 4.78 is 26.3. The minimum Gasteiger partial charge on any atom is -0.458 e. The molecule has 5 rings (SSSR count). The van der Waals surface area contributed by atoms with Gasteiger partial charge in [0.25, 0.3) is 5.56 Å². The number of hydrogen-bond acceptors (Lipinski definition) is 7. The van der Waals surface area contributed by atoms with Crippen molar-refractivity contribution in [2.24, 2.45) is 0 Å². The van der Waals surface area contributed by atoms with Gasteiger partial charge >= 0.3 is 5.97 Å². The summed E-state index contributed by atoms with van der Waals surface area (Å²) in [6.07, 6.45) is -1.54. The van der Waals surface area contributed by atoms with Crippen molar-refractivity contribution in [3.63, 3.8) is 0 Å². The van der Waals surface area contributed by atoms with Crippen LogP contribution in [0.1, 0.15) is 33.9 Å². The average molecular weight is 426 g/mol. The molecule has 2 aliphatic rings. The molecule has 0 aliphatic carbocycles. The van der Waals surface area contributed by atoms with Crippen molar-refractivity contribution in [1.29, 1.82) is 0 Å². The number of aryl methyl sites for hydroxylation is 1. The maximum Gasteiger partial charge on any atom is 0.340 e. The number of pyridine rings is 2. The van der Waals surface area contributed by atoms with Crippen molar-refractivity contribution < 1.29 is 28.9 Å². The third kappa shape index (κ3) is 2.96. The lowest BCUT2D eigenvalue weighted by atomic mass is 9.98. The third-order valence-corrected chi connectivity index (χ3v) is 5.84. The van der Waals surface area contributed by atoms with Crippen LogP contribution in [0.15, 0.2) is 23.0 Å². The SMILES string of the molecule is Cc1cc2c(COCCO)c3c(nc2cc1F)-c1cc2c(c(=O)n1C3)COC(=O)[C@H]2O. The molecular formula is C22H19FN2O6. The van der Waals surface area contributed by atoms with Gasteiger partial charge in [-0.05, 0) is 30.2 Å². The van der Waals surface area contributed by atoms with Gasteiger partial charge in [0.2, 0.25) is 0 Å². The van der Waals surface area contributed by atoms with Gasteiger partial charge in [-0.1, -0.05) is 0 Å². The number of benzene rings is 1. The second-order valence-electron chi connectivity index (χ2n) is 7.68. The number of fused-ring (bicyclic) bond motifs is 5. The highest BCUT2D eigenvalue weighted by Crippen LogP contribution is 2.38. The Morgan fingerprint density at radius 3 is 2.87 bits per heavy atom. The molecule has 2 aliphatic heterocycles. The van der Waals surface area contributed by atoms with Crippen LogP contribution < -0.4 is 5.56 Å². The van der Waals surface area contributed by atoms with Crippen molar-refractivity contribution >= 4 is 16.9 Å². The molecule has 0 saturated carbocycles. The van der Waals surface area contributed by atoms with Gasteiger partial charge in [-0.25, -0.2) is 14.2 Å². The van der Waals surface area contributed by atoms with Crippen LogP contribution in [0.4, 0.5) is 4.39 Å². The number of aliphatic hydroxyl groups is 2. The zero-order valence-electron chi connectivity index (χ0n) is 16.6. The molecule has 1 aromatic carbocycles. The van der Waals surface area contributed by atoms with Crippen molar-refractivity contribution in [1.82, 2.24) is 9.55 Å². The molecule has 0 unspecified atom stereocenters. The highest BCUT2D eigenvalue weighted by Gasteiger charge is 2.34. The number of nitrogens with zero attached hydrogens (tertiary/aromatic N) is 2. The number of esters is 1. The maximum absolute atomic E-state index is 14.3. The molecule has 8 nitrogen and oxygen atoms in total. The van der Waals surface area contributed by atoms with E-state index in [-0.39, 0.29) is 49.7 Å². The molecule has 160 valence electrons. The molecule has 0 bridgehead atoms. The topological polar surface area (TPSA) is 111 Å². The fourth-order valence-electron chi connectivity index (χ4n) is 4.24. The normalized spacial score (nSPS) is 16.8. The standard InChI is InChI=1S/C22H19FN2O6/c1-10-4-11-14(8-30-3-2-26)13-7-25-18(19(13)24-17(11)6-16(10)23)5-12-15(21(25)28)9-31-22(29)20(12)27/h4-6,20,26-27H,2-3,7-9H2,1H3/t20-/m0/s1. The van der Waals surface area contributed by atoms with Gasteiger partial charge in [0.05, 0.1) is 48.8 Å². The fraction of sp³-hybridized carbons (Fsp3) is 0.318. The summed E-state index contributed by atoms with van der Waals surface area (Å²) in [7, 11) is 0. The highest BCUT2D eigenvalue weighted by atomic mass is 19.1. The molecule has 0 saturated heterocycles. The van der Waals surface area contributed by atoms with Crippen LogP contribution in [-0.2, 0) is 34.0 Å². The number of aliphatic hydroxyl groups excluding tert-OH is 2. The van der Waals surface area contributed by atoms with E-state index in [1.165, 1.54) is 10.6 Å². The zero-order chi connectivity index (χ0) is 21.9. The summed E-state index contributed by atoms with van der Waals surface area (Å²) in [5.74, 6) is -1.21. The lowest BCUT2D eigenvalue weighted by Gasteiger charge is -2.21. The number of rotatable bonds is 4. The van der Waals surface area contributed by atoms with Crippen LogP contribution in [0, 0.1) is 12.7 Å². The molecule has 31 heavy (non-hydrogen) atoms. The maximum atomic E-state index is 14.3. The number of aromatic nitrogens is 2. The van der Waals surface area contributed by atoms with Gasteiger partial charge in [0, 0.05) is 22.6 Å². The van der Waals surface area contributed by atoms with E-state index in [0.29, 0.717) is 27.9 Å². The van der Waals surface area contributed by atoms with E-state index in [4.69, 9.17) is 14.6 Å². The number of hydrogen-bond donors (Lipinski definition) is 2. The Bertz CT molecular complexity index is 1320. The van der Waals surface area contributed by atoms with Crippen LogP contribution in [0.5, 0.6) is 0 Å². The molecule has 0 amide bonds. The molecule has 0 fully saturated rings. The summed E-state index contributed by atoms with van der Waals surface area (Å²) in [5.41, 5.74) is 3.35. The first-order valence-electron chi connectivity index (χ1n) is 9.82. The van der Waals surface area contributed by atoms with E-state index in [1.54, 1.807) is 19.1 Å². The predicted molar refractivity (Wildman–Crippen MR) is 107 cm³/mol. The summed E-state index contributed by atoms with van der Waals surface area (Å²) in [5, 5.41) is 20.0. The number of carbonyl (C=O) groups is 1. The van der Waals surface area contributed by atoms with Crippen molar-refractivity contribution in [3.8, 4) is 11.4 Å². The quantitative estimate of drug-likeness (QED) is 0.376. The Balaban J connectivity index is 1.76. The van der Waals surface area contributed by atoms with Gasteiger partial charge < -0.3 is 24.3 Å². The Hall–Kier alpha value is -3.14. The lowest BCUT2D eigenvalue weighted by Crippen LogP contribution is -2.32. The van der Waals surface area contributed by atoms with E-state index >= 15 is 0 Å². The van der Waals surface area contributed by atoms with Gasteiger partial charge in [-0.15, -0.1) is 0 Å². The summed E-state index contributed by atoms with van der Waals surface area (Å²) in [6.45, 7) is 1.82. The molecule has 0 radical (unpaired) electrons. The average Bonchev–Trinajstić information content (AvgIpc) is 3.11. The third-order valence-electron chi connectivity index (χ3n) is 5.84. The van der Waals surface area contributed by atoms with Crippen molar-refractivity contribution in [3.05, 3.63) is 62.2 Å². The Labute approximate surface area is 175 Å². The van der Waals surface area contributed by atoms with E-state index < -0.39 is 17.9 Å². The molecule has 0 spiro atoms. The van der Waals surface area contributed by atoms with Crippen LogP contribution in [0.25, 0.3) is 22.3 Å². The van der Waals surface area contributed by atoms with Gasteiger partial charge in [0.15, 0.2) is 6.10 Å². The largest absolute Gasteiger partial charge is 0.458 e. The number of carbonyl (C=O) groups excluding carboxylic acids is 1. The van der Waals surface area contributed by atoms with Crippen LogP contribution >= 0.6 is 0 Å². The number of ether oxygens (including phenoxy) is 2. The van der Waals surface area contributed by atoms with Gasteiger partial charge in [-0.3, -0.25) is 4.79 Å². The van der Waals surface area contributed by atoms with Crippen molar-refractivity contribution in [2.45, 2.75) is 32.8 Å². The van der Waals surface area contributed by atoms with Crippen LogP contribution in [0.2, 0.25) is 0 Å². The molecule has 9 heteroatoms. The molecule has 2 N–H and O–H groups in total. The van der Waals surface area contributed by atoms with E-state index in [2.05, 4.69) is 4.98 Å². The monoisotopic (exact) mass is 426 g/mol. The zero-order valence-corrected chi connectivity index (χ0v) is 16.6. The Morgan fingerprint density at radius 2 is 2.10 bits per heavy atom. The minimum atomic E-state index is -1.54. The second kappa shape index (κ2) is 7.23. The first-order valence-corrected chi connectivity index (χ1v) is 9.82. The molecule has 1 atom stereocenters. The number of cyclic esters (lactones) is 1. The Morgan fingerprint density at radius 1 is 1.29 bits per heavy atom. The first kappa shape index (κ1) is 19.8. The molecule has 3 aromatic rings. The van der Waals surface area contributed by atoms with E-state index in [9.17, 15) is 19.1 Å². The summed E-state index contributed by atoms with van der Waals surface area (Å²) in [4.78, 5) is 29.5.